The Morgan fingerprint density at radius 3 is 0.978 bits per heavy atom. The molecule has 12 aliphatic rings. The van der Waals surface area contributed by atoms with Gasteiger partial charge in [0, 0.05) is 23.7 Å². The Balaban J connectivity index is 0.000000145. The Morgan fingerprint density at radius 1 is 0.359 bits per heavy atom. The average Bonchev–Trinajstić information content (AvgIpc) is 1.58. The van der Waals surface area contributed by atoms with Gasteiger partial charge in [0.05, 0.1) is 45.3 Å². The number of rotatable bonds is 20. The van der Waals surface area contributed by atoms with Crippen LogP contribution in [0.1, 0.15) is 122 Å². The summed E-state index contributed by atoms with van der Waals surface area (Å²) in [5.74, 6) is -17.8. The van der Waals surface area contributed by atoms with Crippen LogP contribution in [0.5, 0.6) is 0 Å². The second-order valence-electron chi connectivity index (χ2n) is 28.2. The molecule has 8 saturated heterocycles. The van der Waals surface area contributed by atoms with Gasteiger partial charge in [-0.1, -0.05) is 27.7 Å². The van der Waals surface area contributed by atoms with E-state index in [9.17, 15) is 87.5 Å². The lowest BCUT2D eigenvalue weighted by Crippen LogP contribution is -2.48. The van der Waals surface area contributed by atoms with E-state index in [4.69, 9.17) is 56.8 Å². The van der Waals surface area contributed by atoms with Gasteiger partial charge < -0.3 is 77.3 Å². The predicted octanol–water partition coefficient (Wildman–Crippen LogP) is 2.26. The van der Waals surface area contributed by atoms with Gasteiger partial charge >= 0.3 is 83.6 Å². The molecule has 508 valence electrons. The second-order valence-corrected chi connectivity index (χ2v) is 28.2. The summed E-state index contributed by atoms with van der Waals surface area (Å²) in [7, 11) is 0. The van der Waals surface area contributed by atoms with Gasteiger partial charge in [-0.05, 0) is 93.9 Å². The highest BCUT2D eigenvalue weighted by Crippen LogP contribution is 2.61. The number of esters is 10. The summed E-state index contributed by atoms with van der Waals surface area (Å²) in [5.41, 5.74) is -2.72. The van der Waals surface area contributed by atoms with Crippen molar-refractivity contribution in [2.75, 3.05) is 13.2 Å². The molecule has 0 aromatic heterocycles. The first-order chi connectivity index (χ1) is 42.9. The SMILES string of the molecule is CCC(C)(C)C(=O)OC1C2CC3C1OC(=O)C3C2C(=O)O.CCC(C)(C)C(=O)OC1C2OC(=O)C3C2OC1C3C(=O)O.CCC(C)(C)C(=O)OCC(=O)OC1C2CC3C1OC(=O)C3C2C(=O)O.CCC(C)(C)C(=O)OCC(=O)OC1C2OC(=O)C3C2OC1C3C(=O)O. The van der Waals surface area contributed by atoms with Crippen molar-refractivity contribution in [1.82, 2.24) is 0 Å². The van der Waals surface area contributed by atoms with Crippen LogP contribution in [0.4, 0.5) is 0 Å². The van der Waals surface area contributed by atoms with E-state index in [0.29, 0.717) is 38.5 Å². The Hall–Kier alpha value is -7.50. The van der Waals surface area contributed by atoms with Gasteiger partial charge in [-0.2, -0.15) is 0 Å². The standard InChI is InChI=1S/C17H22O8.C16H20O9.C15H20O6.C14H18O7/c1-4-17(2,3)16(22)23-6-9(18)24-12-7-5-8-11(10(7)14(19)20)15(21)25-13(8)12;1-4-16(2,3)15(21)22-5-6(17)23-11-9-7(13(18)19)8-10(24-9)12(11)25-14(8)20;1-4-15(2,3)14(19)21-11-6-5-7-9(8(6)12(16)17)13(18)20-10(7)11;1-4-14(2,3)13(18)21-10-7-5(11(15)16)6-8(19-7)9(10)20-12(6)17/h7-8,10-13H,4-6H2,1-3H3,(H,19,20);7-12H,4-5H2,1-3H3,(H,18,19);6-11H,4-5H2,1-3H3,(H,16,17);5-10H,4H2,1-3H3,(H,15,16). The molecule has 0 aromatic rings. The molecule has 0 spiro atoms. The Bertz CT molecular complexity index is 2870. The van der Waals surface area contributed by atoms with E-state index >= 15 is 0 Å². The van der Waals surface area contributed by atoms with Gasteiger partial charge in [-0.25, -0.2) is 9.59 Å². The van der Waals surface area contributed by atoms with Crippen LogP contribution in [0, 0.1) is 92.7 Å². The maximum atomic E-state index is 12.3. The summed E-state index contributed by atoms with van der Waals surface area (Å²) < 4.78 is 63.4. The van der Waals surface area contributed by atoms with Crippen molar-refractivity contribution >= 4 is 83.6 Å². The first-order valence-corrected chi connectivity index (χ1v) is 31.1. The monoisotopic (exact) mass is 1300 g/mol. The summed E-state index contributed by atoms with van der Waals surface area (Å²) in [6.45, 7) is 20.2. The molecule has 30 nitrogen and oxygen atoms in total. The van der Waals surface area contributed by atoms with Crippen molar-refractivity contribution in [3.63, 3.8) is 0 Å². The van der Waals surface area contributed by atoms with Gasteiger partial charge in [0.2, 0.25) is 0 Å². The number of carbonyl (C=O) groups is 14. The fraction of sp³-hybridized carbons (Fsp3) is 0.774. The maximum absolute atomic E-state index is 12.3. The topological polar surface area (TPSA) is 431 Å². The van der Waals surface area contributed by atoms with E-state index < -0.39 is 239 Å². The average molecular weight is 1310 g/mol. The zero-order valence-corrected chi connectivity index (χ0v) is 52.9. The molecule has 24 atom stereocenters. The fourth-order valence-corrected chi connectivity index (χ4v) is 14.6. The predicted molar refractivity (Wildman–Crippen MR) is 296 cm³/mol. The summed E-state index contributed by atoms with van der Waals surface area (Å²) in [5, 5.41) is 37.4. The zero-order valence-electron chi connectivity index (χ0n) is 52.9. The van der Waals surface area contributed by atoms with Crippen LogP contribution in [-0.2, 0) is 124 Å². The van der Waals surface area contributed by atoms with E-state index in [-0.39, 0.29) is 23.7 Å². The van der Waals surface area contributed by atoms with Crippen molar-refractivity contribution in [3.05, 3.63) is 0 Å². The molecule has 4 N–H and O–H groups in total. The number of carbonyl (C=O) groups excluding carboxylic acids is 10. The molecule has 30 heteroatoms. The third-order valence-electron chi connectivity index (χ3n) is 21.5. The Labute approximate surface area is 527 Å². The minimum atomic E-state index is -1.20. The van der Waals surface area contributed by atoms with E-state index in [1.54, 1.807) is 55.4 Å². The lowest BCUT2D eigenvalue weighted by Gasteiger charge is -2.32. The number of hydrogen-bond acceptors (Lipinski definition) is 26. The maximum Gasteiger partial charge on any atom is 0.344 e. The lowest BCUT2D eigenvalue weighted by molar-refractivity contribution is -0.174. The molecule has 4 aliphatic carbocycles. The molecule has 0 radical (unpaired) electrons. The molecular formula is C62H80O30. The molecule has 92 heavy (non-hydrogen) atoms. The Kier molecular flexibility index (Phi) is 18.8. The molecule has 24 unspecified atom stereocenters. The molecule has 8 bridgehead atoms. The molecule has 8 heterocycles. The number of hydrogen-bond donors (Lipinski definition) is 4. The van der Waals surface area contributed by atoms with Crippen molar-refractivity contribution < 1.29 is 144 Å². The van der Waals surface area contributed by atoms with E-state index in [1.165, 1.54) is 0 Å². The summed E-state index contributed by atoms with van der Waals surface area (Å²) in [6.07, 6.45) is -5.52. The molecule has 8 aliphatic heterocycles. The van der Waals surface area contributed by atoms with Crippen LogP contribution >= 0.6 is 0 Å². The molecular weight excluding hydrogens is 1220 g/mol. The highest BCUT2D eigenvalue weighted by atomic mass is 16.7. The highest BCUT2D eigenvalue weighted by molar-refractivity contribution is 5.89. The largest absolute Gasteiger partial charge is 0.481 e. The van der Waals surface area contributed by atoms with E-state index in [1.807, 2.05) is 27.7 Å². The minimum Gasteiger partial charge on any atom is -0.481 e. The normalized spacial score (nSPS) is 37.6. The van der Waals surface area contributed by atoms with Crippen LogP contribution in [0.2, 0.25) is 0 Å². The van der Waals surface area contributed by atoms with Crippen molar-refractivity contribution in [2.24, 2.45) is 92.7 Å². The molecule has 0 amide bonds. The highest BCUT2D eigenvalue weighted by Gasteiger charge is 2.75. The number of aliphatic carboxylic acids is 4. The smallest absolute Gasteiger partial charge is 0.344 e. The third kappa shape index (κ3) is 11.9. The lowest BCUT2D eigenvalue weighted by atomic mass is 9.78. The Morgan fingerprint density at radius 2 is 0.641 bits per heavy atom. The quantitative estimate of drug-likeness (QED) is 0.100. The van der Waals surface area contributed by atoms with Gasteiger partial charge in [0.1, 0.15) is 72.5 Å². The summed E-state index contributed by atoms with van der Waals surface area (Å²) >= 11 is 0. The van der Waals surface area contributed by atoms with E-state index in [0.717, 1.165) is 0 Å². The molecule has 12 fully saturated rings. The number of ether oxygens (including phenoxy) is 12. The number of carboxylic acids is 4. The van der Waals surface area contributed by atoms with Crippen molar-refractivity contribution in [1.29, 1.82) is 0 Å². The minimum absolute atomic E-state index is 0.119. The van der Waals surface area contributed by atoms with Crippen LogP contribution in [0.15, 0.2) is 0 Å². The van der Waals surface area contributed by atoms with Gasteiger partial charge in [0.25, 0.3) is 0 Å². The van der Waals surface area contributed by atoms with Crippen molar-refractivity contribution in [3.8, 4) is 0 Å². The van der Waals surface area contributed by atoms with E-state index in [2.05, 4.69) is 0 Å². The zero-order chi connectivity index (χ0) is 68.1. The molecule has 0 aromatic carbocycles. The number of carboxylic acid groups (broad SMARTS) is 4. The second kappa shape index (κ2) is 25.1. The number of fused-ring (bicyclic) bond motifs is 4. The van der Waals surface area contributed by atoms with Gasteiger partial charge in [-0.3, -0.25) is 57.5 Å². The summed E-state index contributed by atoms with van der Waals surface area (Å²) in [4.78, 5) is 165. The molecule has 4 saturated carbocycles. The van der Waals surface area contributed by atoms with Crippen LogP contribution in [0.25, 0.3) is 0 Å². The fourth-order valence-electron chi connectivity index (χ4n) is 14.6. The molecule has 12 rings (SSSR count). The first-order valence-electron chi connectivity index (χ1n) is 31.1. The van der Waals surface area contributed by atoms with Crippen molar-refractivity contribution in [2.45, 2.75) is 195 Å². The van der Waals surface area contributed by atoms with Crippen LogP contribution in [0.3, 0.4) is 0 Å². The van der Waals surface area contributed by atoms with Crippen LogP contribution < -0.4 is 0 Å². The van der Waals surface area contributed by atoms with Gasteiger partial charge in [0.15, 0.2) is 37.6 Å². The third-order valence-corrected chi connectivity index (χ3v) is 21.5. The van der Waals surface area contributed by atoms with Gasteiger partial charge in [-0.15, -0.1) is 0 Å². The first kappa shape index (κ1) is 68.9. The van der Waals surface area contributed by atoms with Crippen LogP contribution in [-0.4, -0.2) is 190 Å². The summed E-state index contributed by atoms with van der Waals surface area (Å²) in [6, 6.07) is 0.